The van der Waals surface area contributed by atoms with Crippen LogP contribution in [-0.4, -0.2) is 61.0 Å². The Morgan fingerprint density at radius 1 is 0.565 bits per heavy atom. The van der Waals surface area contributed by atoms with E-state index in [4.69, 9.17) is 36.9 Å². The van der Waals surface area contributed by atoms with Crippen LogP contribution in [0.1, 0.15) is 0 Å². The fourth-order valence-corrected chi connectivity index (χ4v) is 11.0. The molecule has 0 spiro atoms. The van der Waals surface area contributed by atoms with Crippen molar-refractivity contribution < 1.29 is 58.7 Å². The zero-order valence-corrected chi connectivity index (χ0v) is 40.5. The van der Waals surface area contributed by atoms with Crippen LogP contribution in [0.4, 0.5) is 11.4 Å². The average molecular weight is 1160 g/mol. The van der Waals surface area contributed by atoms with Crippen LogP contribution < -0.4 is 10.5 Å². The first-order valence-corrected chi connectivity index (χ1v) is 26.3. The molecule has 25 heteroatoms. The molecule has 0 aliphatic rings. The predicted molar refractivity (Wildman–Crippen MR) is 241 cm³/mol. The van der Waals surface area contributed by atoms with Gasteiger partial charge in [0.15, 0.2) is 5.75 Å². The van der Waals surface area contributed by atoms with Gasteiger partial charge >= 0.3 is 5.69 Å². The number of phenolic OH excluding ortho intramolecular Hbond substituents is 3. The number of sulfone groups is 2. The van der Waals surface area contributed by atoms with Crippen molar-refractivity contribution in [2.45, 2.75) is 29.4 Å². The second-order valence-electron chi connectivity index (χ2n) is 11.6. The molecule has 0 fully saturated rings. The van der Waals surface area contributed by atoms with Gasteiger partial charge in [0.05, 0.1) is 27.5 Å². The molecule has 0 saturated heterocycles. The van der Waals surface area contributed by atoms with Gasteiger partial charge in [-0.1, -0.05) is 90.3 Å². The van der Waals surface area contributed by atoms with E-state index in [2.05, 4.69) is 47.8 Å². The molecule has 0 bridgehead atoms. The van der Waals surface area contributed by atoms with E-state index in [1.54, 1.807) is 30.3 Å². The highest BCUT2D eigenvalue weighted by Gasteiger charge is 2.28. The highest BCUT2D eigenvalue weighted by Crippen LogP contribution is 2.39. The number of halogens is 5. The van der Waals surface area contributed by atoms with Crippen LogP contribution in [0.5, 0.6) is 23.0 Å². The summed E-state index contributed by atoms with van der Waals surface area (Å²) in [5, 5.41) is 39.4. The number of ether oxygens (including phenoxy) is 1. The minimum atomic E-state index is -4.03. The van der Waals surface area contributed by atoms with E-state index in [1.807, 2.05) is 0 Å². The Hall–Kier alpha value is -4.46. The molecule has 62 heavy (non-hydrogen) atoms. The molecule has 0 aliphatic heterocycles. The Morgan fingerprint density at radius 2 is 1.02 bits per heavy atom. The molecule has 5 N–H and O–H groups in total. The summed E-state index contributed by atoms with van der Waals surface area (Å²) >= 11 is 9.19. The summed E-state index contributed by atoms with van der Waals surface area (Å²) in [6.07, 6.45) is 0. The van der Waals surface area contributed by atoms with Crippen LogP contribution in [0.15, 0.2) is 170 Å². The minimum absolute atomic E-state index is 0.0361. The molecule has 16 nitrogen and oxygen atoms in total. The maximum atomic E-state index is 12.4. The molecule has 0 heterocycles. The largest absolute Gasteiger partial charge is 0.507 e. The maximum absolute atomic E-state index is 12.4. The predicted octanol–water partition coefficient (Wildman–Crippen LogP) is 9.17. The SMILES string of the molecule is COc1ccc(Br)cc1S(=O)(=O)Cl.Nc1cccc(S(=O)(=O)c2ccccc2)c1O.O=S(=O)(Cl)c1cc(Br)ccc1O.O=[N+]([O-])c1cc(Br)cc(S(=O)(=O)c2ccccc2)c1O. The average Bonchev–Trinajstić information content (AvgIpc) is 3.21. The summed E-state index contributed by atoms with van der Waals surface area (Å²) in [7, 11) is -3.77. The van der Waals surface area contributed by atoms with Gasteiger partial charge < -0.3 is 25.8 Å². The molecule has 0 atom stereocenters. The van der Waals surface area contributed by atoms with Gasteiger partial charge in [-0.05, 0) is 78.9 Å². The van der Waals surface area contributed by atoms with E-state index < -0.39 is 64.8 Å². The number of rotatable bonds is 8. The van der Waals surface area contributed by atoms with Gasteiger partial charge in [0, 0.05) is 40.8 Å². The van der Waals surface area contributed by atoms with Crippen LogP contribution in [0.2, 0.25) is 0 Å². The first kappa shape index (κ1) is 51.9. The molecular formula is C37H29Br3Cl2N2O14S4. The number of para-hydroxylation sites is 1. The molecule has 0 radical (unpaired) electrons. The standard InChI is InChI=1S/C12H8BrNO5S.C12H11NO3S.C7H6BrClO3S.C6H4BrClO3S/c13-8-6-10(14(16)17)12(15)11(7-8)20(18,19)9-4-2-1-3-5-9;13-10-7-4-8-11(12(10)14)17(15,16)9-5-2-1-3-6-9;1-12-6-3-2-5(8)4-7(6)13(9,10)11;7-4-1-2-5(9)6(3-4)12(8,10)11/h1-7,15H;1-8,14H,13H2;2-4H,1H3;1-3,9H. The van der Waals surface area contributed by atoms with Crippen molar-refractivity contribution in [3.8, 4) is 23.0 Å². The third-order valence-electron chi connectivity index (χ3n) is 7.51. The minimum Gasteiger partial charge on any atom is -0.507 e. The van der Waals surface area contributed by atoms with Gasteiger partial charge in [-0.2, -0.15) is 0 Å². The van der Waals surface area contributed by atoms with E-state index in [0.29, 0.717) is 8.95 Å². The molecule has 6 rings (SSSR count). The van der Waals surface area contributed by atoms with Crippen LogP contribution >= 0.6 is 69.2 Å². The fourth-order valence-electron chi connectivity index (χ4n) is 4.64. The van der Waals surface area contributed by atoms with Crippen molar-refractivity contribution in [2.24, 2.45) is 0 Å². The first-order chi connectivity index (χ1) is 28.7. The van der Waals surface area contributed by atoms with Crippen molar-refractivity contribution in [3.05, 3.63) is 151 Å². The van der Waals surface area contributed by atoms with Crippen molar-refractivity contribution in [3.63, 3.8) is 0 Å². The number of phenols is 3. The second-order valence-corrected chi connectivity index (χ2v) is 23.3. The lowest BCUT2D eigenvalue weighted by Crippen LogP contribution is -2.03. The second kappa shape index (κ2) is 21.8. The maximum Gasteiger partial charge on any atom is 0.313 e. The zero-order chi connectivity index (χ0) is 46.8. The number of nitrogen functional groups attached to an aromatic ring is 1. The lowest BCUT2D eigenvalue weighted by Gasteiger charge is -2.07. The van der Waals surface area contributed by atoms with Gasteiger partial charge in [-0.25, -0.2) is 33.7 Å². The van der Waals surface area contributed by atoms with Crippen molar-refractivity contribution in [1.29, 1.82) is 0 Å². The molecule has 0 saturated carbocycles. The van der Waals surface area contributed by atoms with E-state index >= 15 is 0 Å². The fraction of sp³-hybridized carbons (Fsp3) is 0.0270. The highest BCUT2D eigenvalue weighted by molar-refractivity contribution is 9.11. The number of nitrogens with two attached hydrogens (primary N) is 1. The summed E-state index contributed by atoms with van der Waals surface area (Å²) < 4.78 is 99.0. The number of benzene rings is 6. The summed E-state index contributed by atoms with van der Waals surface area (Å²) in [5.41, 5.74) is 4.85. The quantitative estimate of drug-likeness (QED) is 0.0363. The van der Waals surface area contributed by atoms with Crippen LogP contribution in [0, 0.1) is 10.1 Å². The Kier molecular flexibility index (Phi) is 18.2. The Balaban J connectivity index is 0.000000225. The number of nitro benzene ring substituents is 1. The number of hydrogen-bond donors (Lipinski definition) is 4. The van der Waals surface area contributed by atoms with E-state index in [9.17, 15) is 54.0 Å². The smallest absolute Gasteiger partial charge is 0.313 e. The van der Waals surface area contributed by atoms with E-state index in [-0.39, 0.29) is 46.1 Å². The lowest BCUT2D eigenvalue weighted by molar-refractivity contribution is -0.386. The van der Waals surface area contributed by atoms with Crippen LogP contribution in [0.25, 0.3) is 0 Å². The summed E-state index contributed by atoms with van der Waals surface area (Å²) in [6.45, 7) is 0. The Morgan fingerprint density at radius 3 is 1.47 bits per heavy atom. The van der Waals surface area contributed by atoms with Gasteiger partial charge in [-0.15, -0.1) is 0 Å². The Bertz CT molecular complexity index is 3040. The molecule has 0 amide bonds. The van der Waals surface area contributed by atoms with Crippen LogP contribution in [0.3, 0.4) is 0 Å². The molecule has 330 valence electrons. The summed E-state index contributed by atoms with van der Waals surface area (Å²) in [6, 6.07) is 30.3. The molecule has 0 aromatic heterocycles. The van der Waals surface area contributed by atoms with Crippen molar-refractivity contribution in [2.75, 3.05) is 12.8 Å². The molecular weight excluding hydrogens is 1140 g/mol. The number of nitrogens with zero attached hydrogens (tertiary/aromatic N) is 1. The summed E-state index contributed by atoms with van der Waals surface area (Å²) in [5.74, 6) is -1.40. The van der Waals surface area contributed by atoms with Gasteiger partial charge in [0.25, 0.3) is 18.1 Å². The molecule has 0 unspecified atom stereocenters. The third kappa shape index (κ3) is 13.8. The number of aromatic hydroxyl groups is 3. The lowest BCUT2D eigenvalue weighted by atomic mass is 10.3. The number of nitro groups is 1. The van der Waals surface area contributed by atoms with Gasteiger partial charge in [-0.3, -0.25) is 10.1 Å². The van der Waals surface area contributed by atoms with Gasteiger partial charge in [0.2, 0.25) is 25.4 Å². The highest BCUT2D eigenvalue weighted by atomic mass is 79.9. The number of hydrogen-bond acceptors (Lipinski definition) is 15. The zero-order valence-electron chi connectivity index (χ0n) is 31.0. The Labute approximate surface area is 389 Å². The number of methoxy groups -OCH3 is 1. The first-order valence-electron chi connectivity index (χ1n) is 16.3. The van der Waals surface area contributed by atoms with Crippen molar-refractivity contribution >= 4 is 118 Å². The normalized spacial score (nSPS) is 11.3. The summed E-state index contributed by atoms with van der Waals surface area (Å²) in [4.78, 5) is 9.03. The molecule has 6 aromatic rings. The van der Waals surface area contributed by atoms with Crippen LogP contribution in [-0.2, 0) is 37.8 Å². The van der Waals surface area contributed by atoms with Gasteiger partial charge in [0.1, 0.15) is 31.1 Å². The number of anilines is 1. The van der Waals surface area contributed by atoms with E-state index in [0.717, 1.165) is 12.1 Å². The third-order valence-corrected chi connectivity index (χ3v) is 15.2. The topological polar surface area (TPSA) is 276 Å². The molecule has 6 aromatic carbocycles. The monoisotopic (exact) mass is 1160 g/mol. The molecule has 0 aliphatic carbocycles. The van der Waals surface area contributed by atoms with Crippen molar-refractivity contribution in [1.82, 2.24) is 0 Å². The van der Waals surface area contributed by atoms with E-state index in [1.165, 1.54) is 92.0 Å².